The molecule has 144 valence electrons. The van der Waals surface area contributed by atoms with Crippen LogP contribution in [0.4, 0.5) is 4.79 Å². The number of benzene rings is 2. The van der Waals surface area contributed by atoms with Crippen LogP contribution in [0.25, 0.3) is 0 Å². The minimum atomic E-state index is -1.01. The first-order valence-electron chi connectivity index (χ1n) is 8.05. The third-order valence-corrected chi connectivity index (χ3v) is 3.98. The van der Waals surface area contributed by atoms with Gasteiger partial charge in [-0.1, -0.05) is 12.1 Å². The molecule has 0 aromatic heterocycles. The lowest BCUT2D eigenvalue weighted by Gasteiger charge is -2.22. The summed E-state index contributed by atoms with van der Waals surface area (Å²) in [6.07, 6.45) is 0. The summed E-state index contributed by atoms with van der Waals surface area (Å²) in [5.74, 6) is 0.397. The van der Waals surface area contributed by atoms with Gasteiger partial charge in [-0.25, -0.2) is 9.59 Å². The Morgan fingerprint density at radius 1 is 0.926 bits per heavy atom. The Bertz CT molecular complexity index is 794. The zero-order valence-electron chi connectivity index (χ0n) is 15.4. The van der Waals surface area contributed by atoms with E-state index in [0.29, 0.717) is 17.2 Å². The first kappa shape index (κ1) is 19.9. The molecule has 0 fully saturated rings. The zero-order valence-corrected chi connectivity index (χ0v) is 15.4. The standard InChI is InChI=1S/C19H22N2O6/c1-25-15-8-13(9-16(26-2)17(15)27-3)11-21(19(20)24)10-12-4-6-14(7-5-12)18(22)23/h4-9H,10-11H2,1-3H3,(H2,20,24)(H,22,23). The maximum absolute atomic E-state index is 11.9. The maximum Gasteiger partial charge on any atom is 0.335 e. The van der Waals surface area contributed by atoms with Crippen molar-refractivity contribution in [1.82, 2.24) is 4.90 Å². The highest BCUT2D eigenvalue weighted by molar-refractivity contribution is 5.87. The lowest BCUT2D eigenvalue weighted by Crippen LogP contribution is -2.34. The van der Waals surface area contributed by atoms with Crippen molar-refractivity contribution in [2.45, 2.75) is 13.1 Å². The Kier molecular flexibility index (Phi) is 6.48. The molecule has 0 bridgehead atoms. The van der Waals surface area contributed by atoms with Crippen molar-refractivity contribution in [3.63, 3.8) is 0 Å². The van der Waals surface area contributed by atoms with Gasteiger partial charge in [-0.2, -0.15) is 0 Å². The predicted octanol–water partition coefficient (Wildman–Crippen LogP) is 2.49. The van der Waals surface area contributed by atoms with Crippen molar-refractivity contribution in [1.29, 1.82) is 0 Å². The summed E-state index contributed by atoms with van der Waals surface area (Å²) in [7, 11) is 4.53. The number of rotatable bonds is 8. The summed E-state index contributed by atoms with van der Waals surface area (Å²) in [6, 6.07) is 9.14. The highest BCUT2D eigenvalue weighted by Gasteiger charge is 2.17. The summed E-state index contributed by atoms with van der Waals surface area (Å²) in [4.78, 5) is 24.2. The molecule has 0 radical (unpaired) electrons. The van der Waals surface area contributed by atoms with E-state index in [-0.39, 0.29) is 18.7 Å². The van der Waals surface area contributed by atoms with Gasteiger partial charge >= 0.3 is 12.0 Å². The van der Waals surface area contributed by atoms with Crippen molar-refractivity contribution < 1.29 is 28.9 Å². The van der Waals surface area contributed by atoms with Crippen LogP contribution in [-0.4, -0.2) is 43.3 Å². The summed E-state index contributed by atoms with van der Waals surface area (Å²) in [5.41, 5.74) is 7.19. The molecule has 0 saturated carbocycles. The van der Waals surface area contributed by atoms with E-state index in [1.807, 2.05) is 0 Å². The van der Waals surface area contributed by atoms with Crippen LogP contribution in [0.5, 0.6) is 17.2 Å². The number of primary amides is 1. The number of ether oxygens (including phenoxy) is 3. The largest absolute Gasteiger partial charge is 0.493 e. The number of hydrogen-bond donors (Lipinski definition) is 2. The fraction of sp³-hybridized carbons (Fsp3) is 0.263. The van der Waals surface area contributed by atoms with Crippen LogP contribution in [0, 0.1) is 0 Å². The van der Waals surface area contributed by atoms with Gasteiger partial charge in [0.25, 0.3) is 0 Å². The van der Waals surface area contributed by atoms with Crippen molar-refractivity contribution in [2.75, 3.05) is 21.3 Å². The average Bonchev–Trinajstić information content (AvgIpc) is 2.66. The number of carbonyl (C=O) groups excluding carboxylic acids is 1. The number of nitrogens with zero attached hydrogens (tertiary/aromatic N) is 1. The van der Waals surface area contributed by atoms with Gasteiger partial charge in [-0.05, 0) is 35.4 Å². The van der Waals surface area contributed by atoms with Crippen molar-refractivity contribution in [2.24, 2.45) is 5.73 Å². The molecule has 0 aliphatic rings. The number of carboxylic acids is 1. The van der Waals surface area contributed by atoms with E-state index >= 15 is 0 Å². The van der Waals surface area contributed by atoms with Crippen LogP contribution < -0.4 is 19.9 Å². The lowest BCUT2D eigenvalue weighted by molar-refractivity contribution is 0.0696. The van der Waals surface area contributed by atoms with Gasteiger partial charge in [0.2, 0.25) is 5.75 Å². The van der Waals surface area contributed by atoms with E-state index in [2.05, 4.69) is 0 Å². The van der Waals surface area contributed by atoms with E-state index in [1.165, 1.54) is 38.4 Å². The van der Waals surface area contributed by atoms with E-state index in [0.717, 1.165) is 11.1 Å². The van der Waals surface area contributed by atoms with Crippen LogP contribution in [0.3, 0.4) is 0 Å². The fourth-order valence-electron chi connectivity index (χ4n) is 2.63. The van der Waals surface area contributed by atoms with Crippen molar-refractivity contribution in [3.8, 4) is 17.2 Å². The van der Waals surface area contributed by atoms with Crippen molar-refractivity contribution >= 4 is 12.0 Å². The van der Waals surface area contributed by atoms with Crippen LogP contribution in [-0.2, 0) is 13.1 Å². The highest BCUT2D eigenvalue weighted by Crippen LogP contribution is 2.38. The van der Waals surface area contributed by atoms with E-state index < -0.39 is 12.0 Å². The first-order valence-corrected chi connectivity index (χ1v) is 8.05. The second-order valence-electron chi connectivity index (χ2n) is 5.73. The number of carboxylic acid groups (broad SMARTS) is 1. The minimum absolute atomic E-state index is 0.175. The normalized spacial score (nSPS) is 10.2. The lowest BCUT2D eigenvalue weighted by atomic mass is 10.1. The number of amides is 2. The number of methoxy groups -OCH3 is 3. The quantitative estimate of drug-likeness (QED) is 0.734. The van der Waals surface area contributed by atoms with Gasteiger partial charge in [0.1, 0.15) is 0 Å². The number of hydrogen-bond acceptors (Lipinski definition) is 5. The molecule has 0 spiro atoms. The molecule has 2 aromatic carbocycles. The number of aromatic carboxylic acids is 1. The topological polar surface area (TPSA) is 111 Å². The van der Waals surface area contributed by atoms with E-state index in [9.17, 15) is 9.59 Å². The molecule has 0 aliphatic heterocycles. The van der Waals surface area contributed by atoms with Gasteiger partial charge in [-0.3, -0.25) is 0 Å². The van der Waals surface area contributed by atoms with Gasteiger partial charge in [0, 0.05) is 13.1 Å². The van der Waals surface area contributed by atoms with Crippen LogP contribution >= 0.6 is 0 Å². The summed E-state index contributed by atoms with van der Waals surface area (Å²) in [6.45, 7) is 0.443. The highest BCUT2D eigenvalue weighted by atomic mass is 16.5. The smallest absolute Gasteiger partial charge is 0.335 e. The predicted molar refractivity (Wildman–Crippen MR) is 98.3 cm³/mol. The Morgan fingerprint density at radius 2 is 1.44 bits per heavy atom. The summed E-state index contributed by atoms with van der Waals surface area (Å²) < 4.78 is 15.9. The van der Waals surface area contributed by atoms with Gasteiger partial charge in [0.15, 0.2) is 11.5 Å². The van der Waals surface area contributed by atoms with Crippen LogP contribution in [0.1, 0.15) is 21.5 Å². The molecule has 2 rings (SSSR count). The van der Waals surface area contributed by atoms with Crippen LogP contribution in [0.2, 0.25) is 0 Å². The molecule has 2 amide bonds. The molecule has 0 unspecified atom stereocenters. The molecular weight excluding hydrogens is 352 g/mol. The first-order chi connectivity index (χ1) is 12.9. The number of nitrogens with two attached hydrogens (primary N) is 1. The Labute approximate surface area is 157 Å². The third kappa shape index (κ3) is 4.81. The maximum atomic E-state index is 11.9. The second-order valence-corrected chi connectivity index (χ2v) is 5.73. The molecule has 0 saturated heterocycles. The molecule has 27 heavy (non-hydrogen) atoms. The molecule has 0 aliphatic carbocycles. The Balaban J connectivity index is 2.25. The molecule has 8 nitrogen and oxygen atoms in total. The molecule has 0 heterocycles. The van der Waals surface area contributed by atoms with Crippen molar-refractivity contribution in [3.05, 3.63) is 53.1 Å². The van der Waals surface area contributed by atoms with Crippen LogP contribution in [0.15, 0.2) is 36.4 Å². The molecule has 2 aromatic rings. The van der Waals surface area contributed by atoms with Gasteiger partial charge in [0.05, 0.1) is 26.9 Å². The Morgan fingerprint density at radius 3 is 1.85 bits per heavy atom. The summed E-state index contributed by atoms with van der Waals surface area (Å²) >= 11 is 0. The van der Waals surface area contributed by atoms with Gasteiger partial charge in [-0.15, -0.1) is 0 Å². The van der Waals surface area contributed by atoms with E-state index in [1.54, 1.807) is 24.3 Å². The number of urea groups is 1. The zero-order chi connectivity index (χ0) is 20.0. The number of carbonyl (C=O) groups is 2. The Hall–Kier alpha value is -3.42. The second kappa shape index (κ2) is 8.79. The molecule has 0 atom stereocenters. The SMILES string of the molecule is COc1cc(CN(Cc2ccc(C(=O)O)cc2)C(N)=O)cc(OC)c1OC. The van der Waals surface area contributed by atoms with Gasteiger partial charge < -0.3 is 30.0 Å². The third-order valence-electron chi connectivity index (χ3n) is 3.98. The monoisotopic (exact) mass is 374 g/mol. The fourth-order valence-corrected chi connectivity index (χ4v) is 2.63. The average molecular weight is 374 g/mol. The molecule has 8 heteroatoms. The molecule has 3 N–H and O–H groups in total. The molecular formula is C19H22N2O6. The minimum Gasteiger partial charge on any atom is -0.493 e. The van der Waals surface area contributed by atoms with E-state index in [4.69, 9.17) is 25.1 Å². The summed E-state index contributed by atoms with van der Waals surface area (Å²) in [5, 5.41) is 8.96.